The third-order valence-corrected chi connectivity index (χ3v) is 7.21. The zero-order chi connectivity index (χ0) is 24.7. The van der Waals surface area contributed by atoms with Crippen LogP contribution < -0.4 is 5.32 Å². The number of carbonyl (C=O) groups excluding carboxylic acids is 4. The van der Waals surface area contributed by atoms with E-state index < -0.39 is 11.9 Å². The van der Waals surface area contributed by atoms with E-state index in [1.807, 2.05) is 11.8 Å². The van der Waals surface area contributed by atoms with Gasteiger partial charge in [0.15, 0.2) is 5.69 Å². The number of carbonyl (C=O) groups is 4. The van der Waals surface area contributed by atoms with E-state index >= 15 is 0 Å². The zero-order valence-electron chi connectivity index (χ0n) is 19.5. The van der Waals surface area contributed by atoms with Gasteiger partial charge in [-0.15, -0.1) is 5.10 Å². The summed E-state index contributed by atoms with van der Waals surface area (Å²) in [5, 5.41) is 20.0. The number of rotatable bonds is 5. The Bertz CT molecular complexity index is 1190. The molecule has 11 nitrogen and oxygen atoms in total. The van der Waals surface area contributed by atoms with Gasteiger partial charge < -0.3 is 14.9 Å². The predicted molar refractivity (Wildman–Crippen MR) is 122 cm³/mol. The molecule has 35 heavy (non-hydrogen) atoms. The van der Waals surface area contributed by atoms with Crippen LogP contribution in [0.3, 0.4) is 0 Å². The summed E-state index contributed by atoms with van der Waals surface area (Å²) in [6.45, 7) is 2.29. The molecule has 3 aliphatic heterocycles. The molecule has 0 spiro atoms. The first-order chi connectivity index (χ1) is 16.9. The number of aliphatic hydroxyl groups is 1. The van der Waals surface area contributed by atoms with Crippen LogP contribution in [-0.2, 0) is 16.1 Å². The Morgan fingerprint density at radius 1 is 1.20 bits per heavy atom. The van der Waals surface area contributed by atoms with E-state index in [1.165, 1.54) is 9.58 Å². The minimum Gasteiger partial charge on any atom is -0.396 e. The standard InChI is InChI=1S/C24H28N6O5/c1-14-3-2-4-16(9-10-31)30(14)24(35)19-13-29(27-26-19)17-5-6-18-15(11-17)12-28(23(18)34)20-7-8-21(32)25-22(20)33/h5-6,11,13-14,16,20,31H,2-4,7-10,12H2,1H3,(H,25,32,33)/t14-,16-,20?/m1/s1. The van der Waals surface area contributed by atoms with Crippen molar-refractivity contribution < 1.29 is 24.3 Å². The second-order valence-electron chi connectivity index (χ2n) is 9.45. The molecule has 2 fully saturated rings. The number of hydrogen-bond donors (Lipinski definition) is 2. The topological polar surface area (TPSA) is 138 Å². The highest BCUT2D eigenvalue weighted by Crippen LogP contribution is 2.30. The molecule has 1 unspecified atom stereocenters. The number of benzene rings is 1. The average molecular weight is 481 g/mol. The Morgan fingerprint density at radius 3 is 2.80 bits per heavy atom. The summed E-state index contributed by atoms with van der Waals surface area (Å²) >= 11 is 0. The van der Waals surface area contributed by atoms with Crippen LogP contribution in [0, 0.1) is 0 Å². The Morgan fingerprint density at radius 2 is 2.03 bits per heavy atom. The van der Waals surface area contributed by atoms with E-state index in [1.54, 1.807) is 24.4 Å². The molecule has 184 valence electrons. The molecule has 1 aromatic carbocycles. The van der Waals surface area contributed by atoms with Crippen molar-refractivity contribution in [3.8, 4) is 5.69 Å². The Hall–Kier alpha value is -3.60. The molecule has 4 amide bonds. The summed E-state index contributed by atoms with van der Waals surface area (Å²) in [7, 11) is 0. The molecular weight excluding hydrogens is 452 g/mol. The van der Waals surface area contributed by atoms with Crippen LogP contribution in [0.5, 0.6) is 0 Å². The molecule has 2 saturated heterocycles. The third-order valence-electron chi connectivity index (χ3n) is 7.21. The normalized spacial score (nSPS) is 24.5. The molecule has 0 bridgehead atoms. The second-order valence-corrected chi connectivity index (χ2v) is 9.45. The maximum Gasteiger partial charge on any atom is 0.276 e. The Labute approximate surface area is 202 Å². The van der Waals surface area contributed by atoms with Gasteiger partial charge in [0.25, 0.3) is 11.8 Å². The van der Waals surface area contributed by atoms with Gasteiger partial charge in [0, 0.05) is 37.2 Å². The quantitative estimate of drug-likeness (QED) is 0.604. The molecule has 2 aromatic rings. The van der Waals surface area contributed by atoms with Crippen LogP contribution in [0.2, 0.25) is 0 Å². The van der Waals surface area contributed by atoms with Crippen molar-refractivity contribution >= 4 is 23.6 Å². The number of hydrogen-bond acceptors (Lipinski definition) is 7. The number of likely N-dealkylation sites (tertiary alicyclic amines) is 1. The fourth-order valence-corrected chi connectivity index (χ4v) is 5.41. The van der Waals surface area contributed by atoms with Gasteiger partial charge in [0.2, 0.25) is 11.8 Å². The summed E-state index contributed by atoms with van der Waals surface area (Å²) in [5.74, 6) is -1.23. The minimum absolute atomic E-state index is 0.0225. The zero-order valence-corrected chi connectivity index (χ0v) is 19.5. The lowest BCUT2D eigenvalue weighted by molar-refractivity contribution is -0.136. The first-order valence-electron chi connectivity index (χ1n) is 12.0. The molecule has 3 aliphatic rings. The highest BCUT2D eigenvalue weighted by Gasteiger charge is 2.39. The second kappa shape index (κ2) is 9.21. The van der Waals surface area contributed by atoms with Crippen molar-refractivity contribution in [3.63, 3.8) is 0 Å². The molecule has 11 heteroatoms. The van der Waals surface area contributed by atoms with Crippen LogP contribution in [0.4, 0.5) is 0 Å². The van der Waals surface area contributed by atoms with E-state index in [0.717, 1.165) is 24.8 Å². The lowest BCUT2D eigenvalue weighted by Gasteiger charge is -2.40. The van der Waals surface area contributed by atoms with Crippen molar-refractivity contribution in [2.45, 2.75) is 70.1 Å². The third kappa shape index (κ3) is 4.20. The van der Waals surface area contributed by atoms with Crippen LogP contribution in [0.1, 0.15) is 71.9 Å². The van der Waals surface area contributed by atoms with Gasteiger partial charge >= 0.3 is 0 Å². The predicted octanol–water partition coefficient (Wildman–Crippen LogP) is 0.794. The first kappa shape index (κ1) is 23.2. The maximum absolute atomic E-state index is 13.3. The fraction of sp³-hybridized carbons (Fsp3) is 0.500. The van der Waals surface area contributed by atoms with Gasteiger partial charge in [0.1, 0.15) is 6.04 Å². The highest BCUT2D eigenvalue weighted by molar-refractivity contribution is 6.05. The number of piperidine rings is 2. The van der Waals surface area contributed by atoms with Crippen LogP contribution >= 0.6 is 0 Å². The fourth-order valence-electron chi connectivity index (χ4n) is 5.41. The van der Waals surface area contributed by atoms with Gasteiger partial charge in [-0.2, -0.15) is 0 Å². The summed E-state index contributed by atoms with van der Waals surface area (Å²) < 4.78 is 1.50. The Kier molecular flexibility index (Phi) is 6.10. The molecule has 0 aliphatic carbocycles. The number of fused-ring (bicyclic) bond motifs is 1. The molecule has 1 aromatic heterocycles. The van der Waals surface area contributed by atoms with Gasteiger partial charge in [0.05, 0.1) is 11.9 Å². The summed E-state index contributed by atoms with van der Waals surface area (Å²) in [4.78, 5) is 53.2. The highest BCUT2D eigenvalue weighted by atomic mass is 16.3. The van der Waals surface area contributed by atoms with Gasteiger partial charge in [-0.1, -0.05) is 5.21 Å². The summed E-state index contributed by atoms with van der Waals surface area (Å²) in [6, 6.07) is 4.58. The Balaban J connectivity index is 1.35. The molecule has 0 radical (unpaired) electrons. The number of nitrogens with one attached hydrogen (secondary N) is 1. The smallest absolute Gasteiger partial charge is 0.276 e. The van der Waals surface area contributed by atoms with Crippen molar-refractivity contribution in [2.24, 2.45) is 0 Å². The number of imide groups is 1. The van der Waals surface area contributed by atoms with Crippen LogP contribution in [0.15, 0.2) is 24.4 Å². The van der Waals surface area contributed by atoms with Crippen LogP contribution in [0.25, 0.3) is 5.69 Å². The molecule has 4 heterocycles. The molecule has 0 saturated carbocycles. The molecule has 3 atom stereocenters. The van der Waals surface area contributed by atoms with Crippen molar-refractivity contribution in [1.82, 2.24) is 30.1 Å². The maximum atomic E-state index is 13.3. The molecular formula is C24H28N6O5. The number of nitrogens with zero attached hydrogens (tertiary/aromatic N) is 5. The summed E-state index contributed by atoms with van der Waals surface area (Å²) in [5.41, 5.74) is 2.12. The molecule has 2 N–H and O–H groups in total. The van der Waals surface area contributed by atoms with Crippen molar-refractivity contribution in [3.05, 3.63) is 41.2 Å². The lowest BCUT2D eigenvalue weighted by Crippen LogP contribution is -2.52. The van der Waals surface area contributed by atoms with E-state index in [0.29, 0.717) is 24.1 Å². The van der Waals surface area contributed by atoms with E-state index in [2.05, 4.69) is 15.6 Å². The monoisotopic (exact) mass is 480 g/mol. The minimum atomic E-state index is -0.676. The first-order valence-corrected chi connectivity index (χ1v) is 12.0. The van der Waals surface area contributed by atoms with Gasteiger partial charge in [-0.25, -0.2) is 4.68 Å². The van der Waals surface area contributed by atoms with E-state index in [4.69, 9.17) is 0 Å². The van der Waals surface area contributed by atoms with Gasteiger partial charge in [-0.05, 0) is 62.8 Å². The largest absolute Gasteiger partial charge is 0.396 e. The average Bonchev–Trinajstić information content (AvgIpc) is 3.44. The van der Waals surface area contributed by atoms with Crippen LogP contribution in [-0.4, -0.2) is 78.3 Å². The van der Waals surface area contributed by atoms with E-state index in [-0.39, 0.29) is 55.1 Å². The number of aromatic nitrogens is 3. The van der Waals surface area contributed by atoms with E-state index in [9.17, 15) is 24.3 Å². The summed E-state index contributed by atoms with van der Waals surface area (Å²) in [6.07, 6.45) is 5.40. The SMILES string of the molecule is C[C@@H]1CCC[C@H](CCO)N1C(=O)c1cn(-c2ccc3c(c2)CN(C2CCC(=O)NC2=O)C3=O)nn1. The number of amides is 4. The number of aliphatic hydroxyl groups excluding tert-OH is 1. The molecule has 5 rings (SSSR count). The van der Waals surface area contributed by atoms with Gasteiger partial charge in [-0.3, -0.25) is 24.5 Å². The van der Waals surface area contributed by atoms with Crippen molar-refractivity contribution in [1.29, 1.82) is 0 Å². The van der Waals surface area contributed by atoms with Crippen molar-refractivity contribution in [2.75, 3.05) is 6.61 Å². The lowest BCUT2D eigenvalue weighted by atomic mass is 9.94.